The molecule has 1 aromatic carbocycles. The molecule has 0 aromatic heterocycles. The molecule has 2 amide bonds. The van der Waals surface area contributed by atoms with Crippen LogP contribution in [0.1, 0.15) is 37.0 Å². The molecule has 3 rings (SSSR count). The van der Waals surface area contributed by atoms with Crippen LogP contribution in [0.4, 0.5) is 5.69 Å². The lowest BCUT2D eigenvalue weighted by atomic mass is 10.1. The van der Waals surface area contributed by atoms with E-state index >= 15 is 0 Å². The maximum absolute atomic E-state index is 12.1. The van der Waals surface area contributed by atoms with Crippen LogP contribution in [0.5, 0.6) is 0 Å². The van der Waals surface area contributed by atoms with Crippen LogP contribution in [0.3, 0.4) is 0 Å². The molecular weight excluding hydrogens is 290 g/mol. The SMILES string of the molecule is CC(C)NC(=O)c1ccc(N2CCN(C(=O)C3CC3)CC2)cc1. The van der Waals surface area contributed by atoms with Gasteiger partial charge in [-0.05, 0) is 51.0 Å². The highest BCUT2D eigenvalue weighted by Gasteiger charge is 2.34. The minimum atomic E-state index is -0.0357. The molecule has 0 bridgehead atoms. The zero-order valence-electron chi connectivity index (χ0n) is 13.9. The van der Waals surface area contributed by atoms with Gasteiger partial charge in [-0.3, -0.25) is 9.59 Å². The third-order valence-electron chi connectivity index (χ3n) is 4.43. The van der Waals surface area contributed by atoms with Gasteiger partial charge >= 0.3 is 0 Å². The minimum Gasteiger partial charge on any atom is -0.368 e. The van der Waals surface area contributed by atoms with Crippen LogP contribution in [-0.4, -0.2) is 48.9 Å². The van der Waals surface area contributed by atoms with Crippen molar-refractivity contribution in [1.29, 1.82) is 0 Å². The second-order valence-electron chi connectivity index (χ2n) is 6.76. The first kappa shape index (κ1) is 15.8. The highest BCUT2D eigenvalue weighted by molar-refractivity contribution is 5.94. The molecule has 5 nitrogen and oxygen atoms in total. The number of amides is 2. The van der Waals surface area contributed by atoms with Crippen LogP contribution in [0.2, 0.25) is 0 Å². The van der Waals surface area contributed by atoms with E-state index in [1.165, 1.54) is 0 Å². The fraction of sp³-hybridized carbons (Fsp3) is 0.556. The van der Waals surface area contributed by atoms with Gasteiger partial charge in [0.05, 0.1) is 0 Å². The predicted octanol–water partition coefficient (Wildman–Crippen LogP) is 1.88. The summed E-state index contributed by atoms with van der Waals surface area (Å²) in [4.78, 5) is 28.3. The minimum absolute atomic E-state index is 0.0357. The van der Waals surface area contributed by atoms with Gasteiger partial charge in [-0.25, -0.2) is 0 Å². The summed E-state index contributed by atoms with van der Waals surface area (Å²) in [6.07, 6.45) is 2.14. The Bertz CT molecular complexity index is 570. The van der Waals surface area contributed by atoms with E-state index in [1.807, 2.05) is 43.0 Å². The van der Waals surface area contributed by atoms with Gasteiger partial charge in [0.15, 0.2) is 0 Å². The van der Waals surface area contributed by atoms with Crippen LogP contribution in [0.15, 0.2) is 24.3 Å². The maximum Gasteiger partial charge on any atom is 0.251 e. The van der Waals surface area contributed by atoms with Crippen LogP contribution in [-0.2, 0) is 4.79 Å². The second kappa shape index (κ2) is 6.60. The van der Waals surface area contributed by atoms with Crippen molar-refractivity contribution in [2.45, 2.75) is 32.7 Å². The number of piperazine rings is 1. The van der Waals surface area contributed by atoms with Crippen molar-refractivity contribution < 1.29 is 9.59 Å². The van der Waals surface area contributed by atoms with E-state index in [2.05, 4.69) is 10.2 Å². The molecule has 0 atom stereocenters. The number of carbonyl (C=O) groups excluding carboxylic acids is 2. The van der Waals surface area contributed by atoms with E-state index < -0.39 is 0 Å². The number of carbonyl (C=O) groups is 2. The van der Waals surface area contributed by atoms with Crippen molar-refractivity contribution in [3.63, 3.8) is 0 Å². The molecule has 2 aliphatic rings. The Hall–Kier alpha value is -2.04. The van der Waals surface area contributed by atoms with Crippen molar-refractivity contribution in [3.8, 4) is 0 Å². The van der Waals surface area contributed by atoms with Crippen LogP contribution in [0, 0.1) is 5.92 Å². The highest BCUT2D eigenvalue weighted by Crippen LogP contribution is 2.31. The molecule has 1 saturated heterocycles. The predicted molar refractivity (Wildman–Crippen MR) is 90.6 cm³/mol. The first-order valence-electron chi connectivity index (χ1n) is 8.49. The molecule has 1 N–H and O–H groups in total. The number of nitrogens with zero attached hydrogens (tertiary/aromatic N) is 2. The first-order chi connectivity index (χ1) is 11.0. The summed E-state index contributed by atoms with van der Waals surface area (Å²) in [7, 11) is 0. The van der Waals surface area contributed by atoms with Crippen molar-refractivity contribution >= 4 is 17.5 Å². The number of rotatable bonds is 4. The lowest BCUT2D eigenvalue weighted by Crippen LogP contribution is -2.49. The van der Waals surface area contributed by atoms with Gasteiger partial charge in [-0.1, -0.05) is 0 Å². The topological polar surface area (TPSA) is 52.7 Å². The third-order valence-corrected chi connectivity index (χ3v) is 4.43. The third kappa shape index (κ3) is 3.84. The van der Waals surface area contributed by atoms with Crippen LogP contribution >= 0.6 is 0 Å². The average Bonchev–Trinajstić information content (AvgIpc) is 3.39. The molecule has 2 fully saturated rings. The standard InChI is InChI=1S/C18H25N3O2/c1-13(2)19-17(22)14-5-7-16(8-6-14)20-9-11-21(12-10-20)18(23)15-3-4-15/h5-8,13,15H,3-4,9-12H2,1-2H3,(H,19,22). The average molecular weight is 315 g/mol. The zero-order valence-corrected chi connectivity index (χ0v) is 13.9. The Labute approximate surface area is 137 Å². The Morgan fingerprint density at radius 3 is 2.17 bits per heavy atom. The molecule has 1 aliphatic carbocycles. The fourth-order valence-electron chi connectivity index (χ4n) is 2.94. The van der Waals surface area contributed by atoms with Crippen molar-refractivity contribution in [2.75, 3.05) is 31.1 Å². The van der Waals surface area contributed by atoms with E-state index in [-0.39, 0.29) is 11.9 Å². The molecule has 0 radical (unpaired) electrons. The largest absolute Gasteiger partial charge is 0.368 e. The molecule has 1 aromatic rings. The van der Waals surface area contributed by atoms with E-state index in [9.17, 15) is 9.59 Å². The van der Waals surface area contributed by atoms with Gasteiger partial charge in [0, 0.05) is 49.4 Å². The Balaban J connectivity index is 1.56. The molecule has 0 spiro atoms. The van der Waals surface area contributed by atoms with Crippen LogP contribution in [0.25, 0.3) is 0 Å². The summed E-state index contributed by atoms with van der Waals surface area (Å²) in [5.74, 6) is 0.608. The van der Waals surface area contributed by atoms with Crippen molar-refractivity contribution in [2.24, 2.45) is 5.92 Å². The quantitative estimate of drug-likeness (QED) is 0.923. The second-order valence-corrected chi connectivity index (χ2v) is 6.76. The molecular formula is C18H25N3O2. The van der Waals surface area contributed by atoms with Crippen LogP contribution < -0.4 is 10.2 Å². The van der Waals surface area contributed by atoms with Gasteiger partial charge in [0.25, 0.3) is 5.91 Å². The number of benzene rings is 1. The lowest BCUT2D eigenvalue weighted by Gasteiger charge is -2.36. The number of nitrogens with one attached hydrogen (secondary N) is 1. The Morgan fingerprint density at radius 2 is 1.65 bits per heavy atom. The summed E-state index contributed by atoms with van der Waals surface area (Å²) in [5, 5.41) is 2.90. The Kier molecular flexibility index (Phi) is 4.55. The summed E-state index contributed by atoms with van der Waals surface area (Å²) in [6, 6.07) is 7.87. The van der Waals surface area contributed by atoms with E-state index in [1.54, 1.807) is 0 Å². The molecule has 124 valence electrons. The lowest BCUT2D eigenvalue weighted by molar-refractivity contribution is -0.132. The van der Waals surface area contributed by atoms with E-state index in [0.29, 0.717) is 17.4 Å². The molecule has 0 unspecified atom stereocenters. The van der Waals surface area contributed by atoms with Crippen molar-refractivity contribution in [1.82, 2.24) is 10.2 Å². The van der Waals surface area contributed by atoms with Crippen molar-refractivity contribution in [3.05, 3.63) is 29.8 Å². The smallest absolute Gasteiger partial charge is 0.251 e. The Morgan fingerprint density at radius 1 is 1.04 bits per heavy atom. The first-order valence-corrected chi connectivity index (χ1v) is 8.49. The van der Waals surface area contributed by atoms with Gasteiger partial charge < -0.3 is 15.1 Å². The fourth-order valence-corrected chi connectivity index (χ4v) is 2.94. The van der Waals surface area contributed by atoms with Gasteiger partial charge in [-0.2, -0.15) is 0 Å². The number of anilines is 1. The highest BCUT2D eigenvalue weighted by atomic mass is 16.2. The molecule has 1 saturated carbocycles. The monoisotopic (exact) mass is 315 g/mol. The van der Waals surface area contributed by atoms with E-state index in [4.69, 9.17) is 0 Å². The molecule has 1 heterocycles. The summed E-state index contributed by atoms with van der Waals surface area (Å²) in [6.45, 7) is 7.21. The molecule has 23 heavy (non-hydrogen) atoms. The summed E-state index contributed by atoms with van der Waals surface area (Å²) in [5.41, 5.74) is 1.80. The summed E-state index contributed by atoms with van der Waals surface area (Å²) < 4.78 is 0. The van der Waals surface area contributed by atoms with E-state index in [0.717, 1.165) is 44.7 Å². The van der Waals surface area contributed by atoms with Gasteiger partial charge in [-0.15, -0.1) is 0 Å². The normalized spacial score (nSPS) is 18.2. The summed E-state index contributed by atoms with van der Waals surface area (Å²) >= 11 is 0. The molecule has 1 aliphatic heterocycles. The zero-order chi connectivity index (χ0) is 16.4. The van der Waals surface area contributed by atoms with Gasteiger partial charge in [0.1, 0.15) is 0 Å². The number of hydrogen-bond acceptors (Lipinski definition) is 3. The maximum atomic E-state index is 12.1. The van der Waals surface area contributed by atoms with Gasteiger partial charge in [0.2, 0.25) is 5.91 Å². The number of hydrogen-bond donors (Lipinski definition) is 1. The molecule has 5 heteroatoms.